The summed E-state index contributed by atoms with van der Waals surface area (Å²) in [6, 6.07) is 13.3. The molecule has 1 N–H and O–H groups in total. The van der Waals surface area contributed by atoms with Crippen LogP contribution in [0, 0.1) is 6.92 Å². The van der Waals surface area contributed by atoms with Crippen LogP contribution < -0.4 is 10.1 Å². The third kappa shape index (κ3) is 3.35. The number of ether oxygens (including phenoxy) is 1. The lowest BCUT2D eigenvalue weighted by Gasteiger charge is -2.35. The first kappa shape index (κ1) is 15.5. The molecule has 0 saturated carbocycles. The van der Waals surface area contributed by atoms with E-state index in [2.05, 4.69) is 53.5 Å². The van der Waals surface area contributed by atoms with Gasteiger partial charge in [-0.3, -0.25) is 4.90 Å². The Hall–Kier alpha value is -1.36. The summed E-state index contributed by atoms with van der Waals surface area (Å²) in [5.74, 6) is 1.01. The number of hydrogen-bond acceptors (Lipinski definition) is 4. The summed E-state index contributed by atoms with van der Waals surface area (Å²) < 4.78 is 5.90. The molecule has 0 aliphatic carbocycles. The van der Waals surface area contributed by atoms with Crippen LogP contribution in [0.3, 0.4) is 0 Å². The Bertz CT molecular complexity index is 605. The second-order valence-electron chi connectivity index (χ2n) is 5.61. The molecule has 0 bridgehead atoms. The highest BCUT2D eigenvalue weighted by molar-refractivity contribution is 7.12. The van der Waals surface area contributed by atoms with E-state index in [1.54, 1.807) is 0 Å². The van der Waals surface area contributed by atoms with Gasteiger partial charge in [-0.1, -0.05) is 18.2 Å². The second-order valence-corrected chi connectivity index (χ2v) is 6.93. The Kier molecular flexibility index (Phi) is 5.13. The van der Waals surface area contributed by atoms with E-state index in [1.807, 2.05) is 18.3 Å². The van der Waals surface area contributed by atoms with Crippen molar-refractivity contribution in [3.05, 3.63) is 51.7 Å². The van der Waals surface area contributed by atoms with Crippen molar-refractivity contribution in [2.45, 2.75) is 19.9 Å². The van der Waals surface area contributed by atoms with Gasteiger partial charge in [0, 0.05) is 41.5 Å². The maximum atomic E-state index is 5.90. The van der Waals surface area contributed by atoms with Crippen LogP contribution in [0.25, 0.3) is 0 Å². The Labute approximate surface area is 136 Å². The summed E-state index contributed by atoms with van der Waals surface area (Å²) in [5.41, 5.74) is 1.29. The summed E-state index contributed by atoms with van der Waals surface area (Å²) >= 11 is 1.89. The van der Waals surface area contributed by atoms with Crippen LogP contribution in [0.1, 0.15) is 28.3 Å². The molecular formula is C18H24N2OS. The Balaban J connectivity index is 2.01. The lowest BCUT2D eigenvalue weighted by molar-refractivity contribution is 0.196. The van der Waals surface area contributed by atoms with Crippen molar-refractivity contribution in [2.24, 2.45) is 0 Å². The first-order valence-corrected chi connectivity index (χ1v) is 8.84. The second kappa shape index (κ2) is 7.27. The van der Waals surface area contributed by atoms with E-state index in [-0.39, 0.29) is 0 Å². The number of nitrogens with one attached hydrogen (secondary N) is 1. The molecule has 0 amide bonds. The average Bonchev–Trinajstić information content (AvgIpc) is 2.97. The van der Waals surface area contributed by atoms with Gasteiger partial charge >= 0.3 is 0 Å². The number of rotatable bonds is 5. The Morgan fingerprint density at radius 3 is 2.64 bits per heavy atom. The number of para-hydroxylation sites is 1. The number of thiophene rings is 1. The third-order valence-electron chi connectivity index (χ3n) is 4.06. The number of hydrogen-bond donors (Lipinski definition) is 1. The molecule has 22 heavy (non-hydrogen) atoms. The molecule has 0 radical (unpaired) electrons. The molecule has 0 spiro atoms. The van der Waals surface area contributed by atoms with Crippen molar-refractivity contribution in [3.8, 4) is 5.75 Å². The van der Waals surface area contributed by atoms with Crippen LogP contribution in [0.4, 0.5) is 0 Å². The first-order valence-electron chi connectivity index (χ1n) is 8.02. The maximum absolute atomic E-state index is 5.90. The minimum Gasteiger partial charge on any atom is -0.494 e. The predicted molar refractivity (Wildman–Crippen MR) is 93.0 cm³/mol. The normalized spacial score (nSPS) is 17.4. The molecule has 3 rings (SSSR count). The fourth-order valence-corrected chi connectivity index (χ4v) is 4.10. The van der Waals surface area contributed by atoms with E-state index >= 15 is 0 Å². The van der Waals surface area contributed by atoms with E-state index in [0.29, 0.717) is 12.6 Å². The molecular weight excluding hydrogens is 292 g/mol. The molecule has 118 valence electrons. The lowest BCUT2D eigenvalue weighted by Crippen LogP contribution is -2.45. The van der Waals surface area contributed by atoms with Crippen molar-refractivity contribution in [1.82, 2.24) is 10.2 Å². The van der Waals surface area contributed by atoms with E-state index in [9.17, 15) is 0 Å². The molecule has 1 fully saturated rings. The molecule has 1 atom stereocenters. The van der Waals surface area contributed by atoms with Crippen LogP contribution >= 0.6 is 11.3 Å². The summed E-state index contributed by atoms with van der Waals surface area (Å²) in [6.45, 7) is 9.18. The first-order chi connectivity index (χ1) is 10.8. The minimum atomic E-state index is 0.295. The van der Waals surface area contributed by atoms with Crippen molar-refractivity contribution in [1.29, 1.82) is 0 Å². The van der Waals surface area contributed by atoms with Gasteiger partial charge in [0.2, 0.25) is 0 Å². The van der Waals surface area contributed by atoms with Gasteiger partial charge in [0.1, 0.15) is 5.75 Å². The van der Waals surface area contributed by atoms with Gasteiger partial charge in [0.05, 0.1) is 12.6 Å². The third-order valence-corrected chi connectivity index (χ3v) is 5.11. The molecule has 1 aliphatic heterocycles. The van der Waals surface area contributed by atoms with Gasteiger partial charge in [0.15, 0.2) is 0 Å². The number of benzene rings is 1. The van der Waals surface area contributed by atoms with Crippen LogP contribution in [0.2, 0.25) is 0 Å². The molecule has 2 heterocycles. The number of piperazine rings is 1. The Morgan fingerprint density at radius 1 is 1.18 bits per heavy atom. The summed E-state index contributed by atoms with van der Waals surface area (Å²) in [4.78, 5) is 5.34. The summed E-state index contributed by atoms with van der Waals surface area (Å²) in [5, 5.41) is 3.45. The Morgan fingerprint density at radius 2 is 1.95 bits per heavy atom. The van der Waals surface area contributed by atoms with Crippen molar-refractivity contribution < 1.29 is 4.74 Å². The average molecular weight is 316 g/mol. The van der Waals surface area contributed by atoms with Gasteiger partial charge in [-0.2, -0.15) is 0 Å². The molecule has 4 heteroatoms. The van der Waals surface area contributed by atoms with E-state index in [4.69, 9.17) is 4.74 Å². The minimum absolute atomic E-state index is 0.295. The van der Waals surface area contributed by atoms with Crippen molar-refractivity contribution in [3.63, 3.8) is 0 Å². The highest BCUT2D eigenvalue weighted by Crippen LogP contribution is 2.37. The SMILES string of the molecule is CCOc1ccccc1C(c1ccc(C)s1)N1CCNCC1. The van der Waals surface area contributed by atoms with Crippen LogP contribution in [-0.2, 0) is 0 Å². The van der Waals surface area contributed by atoms with Gasteiger partial charge < -0.3 is 10.1 Å². The topological polar surface area (TPSA) is 24.5 Å². The molecule has 2 aromatic rings. The summed E-state index contributed by atoms with van der Waals surface area (Å²) in [7, 11) is 0. The number of nitrogens with zero attached hydrogens (tertiary/aromatic N) is 1. The fourth-order valence-electron chi connectivity index (χ4n) is 3.06. The van der Waals surface area contributed by atoms with Crippen molar-refractivity contribution in [2.75, 3.05) is 32.8 Å². The van der Waals surface area contributed by atoms with Gasteiger partial charge in [-0.15, -0.1) is 11.3 Å². The lowest BCUT2D eigenvalue weighted by atomic mass is 10.0. The molecule has 1 unspecified atom stereocenters. The van der Waals surface area contributed by atoms with Crippen LogP contribution in [0.15, 0.2) is 36.4 Å². The zero-order valence-corrected chi connectivity index (χ0v) is 14.2. The summed E-state index contributed by atoms with van der Waals surface area (Å²) in [6.07, 6.45) is 0. The van der Waals surface area contributed by atoms with E-state index in [0.717, 1.165) is 31.9 Å². The highest BCUT2D eigenvalue weighted by Gasteiger charge is 2.27. The fraction of sp³-hybridized carbons (Fsp3) is 0.444. The van der Waals surface area contributed by atoms with Crippen molar-refractivity contribution >= 4 is 11.3 Å². The zero-order valence-electron chi connectivity index (χ0n) is 13.3. The van der Waals surface area contributed by atoms with Gasteiger partial charge in [0.25, 0.3) is 0 Å². The highest BCUT2D eigenvalue weighted by atomic mass is 32.1. The van der Waals surface area contributed by atoms with E-state index < -0.39 is 0 Å². The quantitative estimate of drug-likeness (QED) is 0.914. The number of aryl methyl sites for hydroxylation is 1. The zero-order chi connectivity index (χ0) is 15.4. The van der Waals surface area contributed by atoms with Crippen LogP contribution in [-0.4, -0.2) is 37.7 Å². The van der Waals surface area contributed by atoms with Gasteiger partial charge in [-0.25, -0.2) is 0 Å². The maximum Gasteiger partial charge on any atom is 0.124 e. The largest absolute Gasteiger partial charge is 0.494 e. The van der Waals surface area contributed by atoms with Gasteiger partial charge in [-0.05, 0) is 32.0 Å². The molecule has 1 saturated heterocycles. The molecule has 1 aromatic carbocycles. The monoisotopic (exact) mass is 316 g/mol. The standard InChI is InChI=1S/C18H24N2OS/c1-3-21-16-7-5-4-6-15(16)18(17-9-8-14(2)22-17)20-12-10-19-11-13-20/h4-9,18-19H,3,10-13H2,1-2H3. The smallest absolute Gasteiger partial charge is 0.124 e. The molecule has 1 aliphatic rings. The molecule has 1 aromatic heterocycles. The van der Waals surface area contributed by atoms with Crippen LogP contribution in [0.5, 0.6) is 5.75 Å². The molecule has 3 nitrogen and oxygen atoms in total. The predicted octanol–water partition coefficient (Wildman–Crippen LogP) is 3.45. The van der Waals surface area contributed by atoms with E-state index in [1.165, 1.54) is 15.3 Å².